The zero-order chi connectivity index (χ0) is 15.1. The summed E-state index contributed by atoms with van der Waals surface area (Å²) in [7, 11) is 0. The van der Waals surface area contributed by atoms with Crippen LogP contribution in [0, 0.1) is 0 Å². The molecule has 2 N–H and O–H groups in total. The quantitative estimate of drug-likeness (QED) is 0.590. The van der Waals surface area contributed by atoms with Gasteiger partial charge in [-0.15, -0.1) is 0 Å². The highest BCUT2D eigenvalue weighted by Crippen LogP contribution is 2.11. The first-order chi connectivity index (χ1) is 9.01. The molecule has 0 aliphatic carbocycles. The standard InChI is InChI=1S/C8H12O3.C3H4O2.C2H6O/c1-2-8(9)11-6-7-4-3-5-10-7;1-2-3(4)5;1-2-3/h2,7H,1,3-6H2;2H,1H2,(H,4,5);3H,2H2,1H3. The van der Waals surface area contributed by atoms with Crippen molar-refractivity contribution < 1.29 is 29.3 Å². The van der Waals surface area contributed by atoms with Crippen molar-refractivity contribution in [3.8, 4) is 0 Å². The monoisotopic (exact) mass is 274 g/mol. The number of carboxylic acid groups (broad SMARTS) is 1. The maximum atomic E-state index is 10.6. The highest BCUT2D eigenvalue weighted by molar-refractivity contribution is 5.81. The molecule has 0 aromatic rings. The lowest BCUT2D eigenvalue weighted by Gasteiger charge is -2.07. The molecule has 1 saturated heterocycles. The Morgan fingerprint density at radius 2 is 1.95 bits per heavy atom. The van der Waals surface area contributed by atoms with E-state index in [2.05, 4.69) is 13.2 Å². The average molecular weight is 274 g/mol. The van der Waals surface area contributed by atoms with Crippen LogP contribution in [0.5, 0.6) is 0 Å². The van der Waals surface area contributed by atoms with Crippen LogP contribution in [0.3, 0.4) is 0 Å². The fraction of sp³-hybridized carbons (Fsp3) is 0.538. The number of carbonyl (C=O) groups excluding carboxylic acids is 1. The second-order valence-electron chi connectivity index (χ2n) is 3.33. The van der Waals surface area contributed by atoms with E-state index in [1.807, 2.05) is 0 Å². The van der Waals surface area contributed by atoms with Crippen LogP contribution in [0.15, 0.2) is 25.3 Å². The minimum atomic E-state index is -0.981. The first kappa shape index (κ1) is 19.7. The number of carbonyl (C=O) groups is 2. The molecule has 6 heteroatoms. The molecule has 0 bridgehead atoms. The summed E-state index contributed by atoms with van der Waals surface area (Å²) in [5.41, 5.74) is 0. The van der Waals surface area contributed by atoms with E-state index in [1.54, 1.807) is 6.92 Å². The van der Waals surface area contributed by atoms with Gasteiger partial charge in [0.2, 0.25) is 0 Å². The van der Waals surface area contributed by atoms with Gasteiger partial charge in [0.1, 0.15) is 6.61 Å². The van der Waals surface area contributed by atoms with Crippen LogP contribution in [0.2, 0.25) is 0 Å². The van der Waals surface area contributed by atoms with Crippen molar-refractivity contribution in [2.45, 2.75) is 25.9 Å². The van der Waals surface area contributed by atoms with Crippen molar-refractivity contribution in [1.82, 2.24) is 0 Å². The van der Waals surface area contributed by atoms with Crippen molar-refractivity contribution in [3.05, 3.63) is 25.3 Å². The van der Waals surface area contributed by atoms with E-state index in [9.17, 15) is 9.59 Å². The number of hydrogen-bond acceptors (Lipinski definition) is 5. The van der Waals surface area contributed by atoms with Crippen molar-refractivity contribution in [3.63, 3.8) is 0 Å². The van der Waals surface area contributed by atoms with Gasteiger partial charge in [-0.05, 0) is 19.8 Å². The molecule has 0 radical (unpaired) electrons. The van der Waals surface area contributed by atoms with Gasteiger partial charge in [0.15, 0.2) is 0 Å². The fourth-order valence-corrected chi connectivity index (χ4v) is 1.01. The summed E-state index contributed by atoms with van der Waals surface area (Å²) in [6.45, 7) is 9.34. The van der Waals surface area contributed by atoms with Gasteiger partial charge < -0.3 is 19.7 Å². The SMILES string of the molecule is C=CC(=O)O.C=CC(=O)OCC1CCCO1.CCO. The van der Waals surface area contributed by atoms with E-state index in [0.29, 0.717) is 6.61 Å². The van der Waals surface area contributed by atoms with Gasteiger partial charge >= 0.3 is 11.9 Å². The number of carboxylic acids is 1. The van der Waals surface area contributed by atoms with Crippen LogP contribution in [0.25, 0.3) is 0 Å². The van der Waals surface area contributed by atoms with E-state index < -0.39 is 5.97 Å². The predicted molar refractivity (Wildman–Crippen MR) is 70.7 cm³/mol. The average Bonchev–Trinajstić information content (AvgIpc) is 2.90. The minimum absolute atomic E-state index is 0.110. The Balaban J connectivity index is 0. The summed E-state index contributed by atoms with van der Waals surface area (Å²) >= 11 is 0. The first-order valence-corrected chi connectivity index (χ1v) is 5.88. The molecule has 1 rings (SSSR count). The molecule has 0 aromatic carbocycles. The van der Waals surface area contributed by atoms with Crippen LogP contribution < -0.4 is 0 Å². The molecule has 19 heavy (non-hydrogen) atoms. The maximum Gasteiger partial charge on any atom is 0.330 e. The lowest BCUT2D eigenvalue weighted by Crippen LogP contribution is -2.16. The van der Waals surface area contributed by atoms with Gasteiger partial charge in [-0.1, -0.05) is 13.2 Å². The van der Waals surface area contributed by atoms with Crippen LogP contribution >= 0.6 is 0 Å². The Morgan fingerprint density at radius 1 is 1.42 bits per heavy atom. The number of aliphatic hydroxyl groups is 1. The molecule has 110 valence electrons. The minimum Gasteiger partial charge on any atom is -0.478 e. The maximum absolute atomic E-state index is 10.6. The lowest BCUT2D eigenvalue weighted by molar-refractivity contribution is -0.140. The van der Waals surface area contributed by atoms with E-state index in [4.69, 9.17) is 19.7 Å². The van der Waals surface area contributed by atoms with Crippen molar-refractivity contribution >= 4 is 11.9 Å². The normalized spacial score (nSPS) is 16.0. The second kappa shape index (κ2) is 14.4. The molecule has 0 spiro atoms. The number of ether oxygens (including phenoxy) is 2. The summed E-state index contributed by atoms with van der Waals surface area (Å²) in [6.07, 6.45) is 4.16. The molecule has 1 aliphatic heterocycles. The zero-order valence-electron chi connectivity index (χ0n) is 11.2. The third-order valence-corrected chi connectivity index (χ3v) is 1.78. The van der Waals surface area contributed by atoms with Gasteiger partial charge in [0.25, 0.3) is 0 Å². The topological polar surface area (TPSA) is 93.1 Å². The van der Waals surface area contributed by atoms with Gasteiger partial charge in [-0.3, -0.25) is 0 Å². The van der Waals surface area contributed by atoms with Crippen molar-refractivity contribution in [1.29, 1.82) is 0 Å². The molecule has 0 saturated carbocycles. The largest absolute Gasteiger partial charge is 0.478 e. The Bertz CT molecular complexity index is 268. The lowest BCUT2D eigenvalue weighted by atomic mass is 10.2. The molecular formula is C13H22O6. The number of aliphatic hydroxyl groups excluding tert-OH is 1. The molecule has 0 aromatic heterocycles. The smallest absolute Gasteiger partial charge is 0.330 e. The molecule has 1 aliphatic rings. The number of aliphatic carboxylic acids is 1. The van der Waals surface area contributed by atoms with Crippen LogP contribution in [0.4, 0.5) is 0 Å². The van der Waals surface area contributed by atoms with Gasteiger partial charge in [0.05, 0.1) is 6.10 Å². The summed E-state index contributed by atoms with van der Waals surface area (Å²) < 4.78 is 10.0. The number of hydrogen-bond donors (Lipinski definition) is 2. The Labute approximate surface area is 113 Å². The highest BCUT2D eigenvalue weighted by Gasteiger charge is 2.16. The fourth-order valence-electron chi connectivity index (χ4n) is 1.01. The number of rotatable bonds is 4. The van der Waals surface area contributed by atoms with E-state index in [-0.39, 0.29) is 18.7 Å². The van der Waals surface area contributed by atoms with E-state index in [1.165, 1.54) is 0 Å². The molecule has 0 amide bonds. The third kappa shape index (κ3) is 16.3. The molecule has 1 unspecified atom stereocenters. The molecule has 1 heterocycles. The first-order valence-electron chi connectivity index (χ1n) is 5.88. The van der Waals surface area contributed by atoms with E-state index in [0.717, 1.165) is 31.6 Å². The third-order valence-electron chi connectivity index (χ3n) is 1.78. The predicted octanol–water partition coefficient (Wildman–Crippen LogP) is 1.15. The molecular weight excluding hydrogens is 252 g/mol. The van der Waals surface area contributed by atoms with E-state index >= 15 is 0 Å². The Morgan fingerprint density at radius 3 is 2.26 bits per heavy atom. The summed E-state index contributed by atoms with van der Waals surface area (Å²) in [5.74, 6) is -1.36. The summed E-state index contributed by atoms with van der Waals surface area (Å²) in [6, 6.07) is 0. The van der Waals surface area contributed by atoms with Gasteiger partial charge in [-0.2, -0.15) is 0 Å². The molecule has 6 nitrogen and oxygen atoms in total. The number of esters is 1. The zero-order valence-corrected chi connectivity index (χ0v) is 11.2. The van der Waals surface area contributed by atoms with Crippen molar-refractivity contribution in [2.24, 2.45) is 0 Å². The Hall–Kier alpha value is -1.66. The van der Waals surface area contributed by atoms with Crippen molar-refractivity contribution in [2.75, 3.05) is 19.8 Å². The Kier molecular flexibility index (Phi) is 14.9. The molecule has 1 atom stereocenters. The van der Waals surface area contributed by atoms with Crippen LogP contribution in [-0.2, 0) is 19.1 Å². The summed E-state index contributed by atoms with van der Waals surface area (Å²) in [4.78, 5) is 19.8. The summed E-state index contributed by atoms with van der Waals surface area (Å²) in [5, 5.41) is 15.2. The van der Waals surface area contributed by atoms with Crippen LogP contribution in [-0.4, -0.2) is 48.1 Å². The second-order valence-corrected chi connectivity index (χ2v) is 3.33. The van der Waals surface area contributed by atoms with Gasteiger partial charge in [0, 0.05) is 25.4 Å². The van der Waals surface area contributed by atoms with Crippen LogP contribution in [0.1, 0.15) is 19.8 Å². The van der Waals surface area contributed by atoms with Gasteiger partial charge in [-0.25, -0.2) is 9.59 Å². The highest BCUT2D eigenvalue weighted by atomic mass is 16.6. The molecule has 1 fully saturated rings.